The van der Waals surface area contributed by atoms with Gasteiger partial charge in [0.2, 0.25) is 5.82 Å². The fourth-order valence-electron chi connectivity index (χ4n) is 2.23. The molecule has 26 heavy (non-hydrogen) atoms. The van der Waals surface area contributed by atoms with Gasteiger partial charge in [-0.2, -0.15) is 0 Å². The molecule has 0 spiro atoms. The summed E-state index contributed by atoms with van der Waals surface area (Å²) >= 11 is 0. The Balaban J connectivity index is 1.87. The van der Waals surface area contributed by atoms with E-state index in [0.29, 0.717) is 6.08 Å². The quantitative estimate of drug-likeness (QED) is 0.225. The largest absolute Gasteiger partial charge is 0.306 e. The Bertz CT molecular complexity index is 966. The molecule has 1 aromatic heterocycles. The molecule has 0 aliphatic heterocycles. The summed E-state index contributed by atoms with van der Waals surface area (Å²) in [6.45, 7) is 0. The maximum Gasteiger partial charge on any atom is 0.200 e. The van der Waals surface area contributed by atoms with Crippen LogP contribution in [0.1, 0.15) is 15.9 Å². The number of rotatable bonds is 4. The zero-order chi connectivity index (χ0) is 18.8. The summed E-state index contributed by atoms with van der Waals surface area (Å²) in [5.74, 6) is -11.0. The summed E-state index contributed by atoms with van der Waals surface area (Å²) < 4.78 is 68.1. The summed E-state index contributed by atoms with van der Waals surface area (Å²) in [5.41, 5.74) is -0.276. The molecule has 3 nitrogen and oxygen atoms in total. The zero-order valence-electron chi connectivity index (χ0n) is 12.9. The number of nitrogens with zero attached hydrogens (tertiary/aromatic N) is 2. The smallest absolute Gasteiger partial charge is 0.200 e. The maximum absolute atomic E-state index is 13.6. The van der Waals surface area contributed by atoms with Crippen LogP contribution in [0.3, 0.4) is 0 Å². The number of carbonyl (C=O) groups excluding carboxylic acids is 1. The first-order chi connectivity index (χ1) is 12.4. The average molecular weight is 364 g/mol. The number of carbonyl (C=O) groups is 1. The van der Waals surface area contributed by atoms with E-state index in [9.17, 15) is 26.7 Å². The molecule has 0 saturated carbocycles. The molecule has 0 bridgehead atoms. The highest BCUT2D eigenvalue weighted by Gasteiger charge is 2.24. The van der Waals surface area contributed by atoms with Gasteiger partial charge in [0, 0.05) is 23.6 Å². The van der Waals surface area contributed by atoms with E-state index in [-0.39, 0.29) is 5.56 Å². The van der Waals surface area contributed by atoms with Crippen LogP contribution in [0.5, 0.6) is 0 Å². The van der Waals surface area contributed by atoms with Crippen LogP contribution in [0.25, 0.3) is 11.8 Å². The highest BCUT2D eigenvalue weighted by atomic mass is 19.2. The van der Waals surface area contributed by atoms with E-state index in [1.54, 1.807) is 35.4 Å². The molecule has 0 amide bonds. The van der Waals surface area contributed by atoms with E-state index in [0.717, 1.165) is 11.8 Å². The lowest BCUT2D eigenvalue weighted by atomic mass is 10.1. The standard InChI is InChI=1S/C18H9F5N2O/c19-14-12(15(20)17(22)18(23)16(14)21)5-6-13(26)10-1-3-11(4-2-10)25-8-7-24-9-25/h1-9H/b6-5+. The van der Waals surface area contributed by atoms with Gasteiger partial charge in [-0.25, -0.2) is 26.9 Å². The first-order valence-corrected chi connectivity index (χ1v) is 7.22. The van der Waals surface area contributed by atoms with Crippen LogP contribution < -0.4 is 0 Å². The molecule has 3 rings (SSSR count). The lowest BCUT2D eigenvalue weighted by Gasteiger charge is -2.04. The van der Waals surface area contributed by atoms with Crippen molar-refractivity contribution in [1.82, 2.24) is 9.55 Å². The van der Waals surface area contributed by atoms with Crippen molar-refractivity contribution in [2.45, 2.75) is 0 Å². The number of benzene rings is 2. The number of hydrogen-bond acceptors (Lipinski definition) is 2. The second-order valence-electron chi connectivity index (χ2n) is 5.20. The van der Waals surface area contributed by atoms with Crippen molar-refractivity contribution >= 4 is 11.9 Å². The first-order valence-electron chi connectivity index (χ1n) is 7.22. The lowest BCUT2D eigenvalue weighted by Crippen LogP contribution is -2.04. The molecular weight excluding hydrogens is 355 g/mol. The second kappa shape index (κ2) is 6.91. The van der Waals surface area contributed by atoms with Crippen LogP contribution in [0.4, 0.5) is 22.0 Å². The van der Waals surface area contributed by atoms with Crippen molar-refractivity contribution in [2.75, 3.05) is 0 Å². The molecule has 0 radical (unpaired) electrons. The van der Waals surface area contributed by atoms with Gasteiger partial charge in [-0.3, -0.25) is 4.79 Å². The zero-order valence-corrected chi connectivity index (χ0v) is 12.9. The van der Waals surface area contributed by atoms with Crippen molar-refractivity contribution in [3.05, 3.63) is 89.3 Å². The number of aromatic nitrogens is 2. The molecule has 0 aliphatic rings. The molecule has 0 N–H and O–H groups in total. The monoisotopic (exact) mass is 364 g/mol. The number of hydrogen-bond donors (Lipinski definition) is 0. The van der Waals surface area contributed by atoms with Crippen LogP contribution >= 0.6 is 0 Å². The number of allylic oxidation sites excluding steroid dienone is 1. The minimum Gasteiger partial charge on any atom is -0.306 e. The van der Waals surface area contributed by atoms with Crippen molar-refractivity contribution in [3.8, 4) is 5.69 Å². The Labute approximate surface area is 144 Å². The number of imidazole rings is 1. The van der Waals surface area contributed by atoms with E-state index < -0.39 is 40.4 Å². The summed E-state index contributed by atoms with van der Waals surface area (Å²) in [5, 5.41) is 0. The molecule has 0 unspecified atom stereocenters. The minimum atomic E-state index is -2.25. The second-order valence-corrected chi connectivity index (χ2v) is 5.20. The topological polar surface area (TPSA) is 34.9 Å². The van der Waals surface area contributed by atoms with Gasteiger partial charge in [0.25, 0.3) is 0 Å². The highest BCUT2D eigenvalue weighted by molar-refractivity contribution is 6.06. The predicted molar refractivity (Wildman–Crippen MR) is 83.2 cm³/mol. The molecule has 3 aromatic rings. The van der Waals surface area contributed by atoms with E-state index in [2.05, 4.69) is 4.98 Å². The fraction of sp³-hybridized carbons (Fsp3) is 0. The average Bonchev–Trinajstić information content (AvgIpc) is 3.19. The SMILES string of the molecule is O=C(/C=C/c1c(F)c(F)c(F)c(F)c1F)c1ccc(-n2ccnc2)cc1. The van der Waals surface area contributed by atoms with Crippen molar-refractivity contribution in [3.63, 3.8) is 0 Å². The predicted octanol–water partition coefficient (Wildman–Crippen LogP) is 4.46. The third-order valence-corrected chi connectivity index (χ3v) is 3.60. The van der Waals surface area contributed by atoms with Crippen LogP contribution in [0.2, 0.25) is 0 Å². The molecule has 0 atom stereocenters. The Morgan fingerprint density at radius 3 is 2.00 bits per heavy atom. The van der Waals surface area contributed by atoms with E-state index in [1.807, 2.05) is 0 Å². The summed E-state index contributed by atoms with van der Waals surface area (Å²) in [7, 11) is 0. The summed E-state index contributed by atoms with van der Waals surface area (Å²) in [6.07, 6.45) is 6.12. The van der Waals surface area contributed by atoms with Gasteiger partial charge < -0.3 is 4.57 Å². The Morgan fingerprint density at radius 1 is 0.885 bits per heavy atom. The van der Waals surface area contributed by atoms with Gasteiger partial charge in [0.1, 0.15) is 0 Å². The van der Waals surface area contributed by atoms with E-state index in [4.69, 9.17) is 0 Å². The first kappa shape index (κ1) is 17.5. The van der Waals surface area contributed by atoms with Crippen LogP contribution in [-0.4, -0.2) is 15.3 Å². The van der Waals surface area contributed by atoms with E-state index >= 15 is 0 Å². The molecule has 8 heteroatoms. The molecule has 0 saturated heterocycles. The molecule has 0 fully saturated rings. The summed E-state index contributed by atoms with van der Waals surface area (Å²) in [4.78, 5) is 15.9. The highest BCUT2D eigenvalue weighted by Crippen LogP contribution is 2.24. The Kier molecular flexibility index (Phi) is 4.66. The van der Waals surface area contributed by atoms with Crippen LogP contribution in [0, 0.1) is 29.1 Å². The van der Waals surface area contributed by atoms with Gasteiger partial charge >= 0.3 is 0 Å². The third-order valence-electron chi connectivity index (χ3n) is 3.60. The molecular formula is C18H9F5N2O. The number of ketones is 1. The van der Waals surface area contributed by atoms with Gasteiger partial charge in [-0.1, -0.05) is 0 Å². The molecule has 132 valence electrons. The lowest BCUT2D eigenvalue weighted by molar-refractivity contribution is 0.104. The Morgan fingerprint density at radius 2 is 1.46 bits per heavy atom. The number of halogens is 5. The normalized spacial score (nSPS) is 11.3. The minimum absolute atomic E-state index is 0.175. The van der Waals surface area contributed by atoms with E-state index in [1.165, 1.54) is 12.1 Å². The van der Waals surface area contributed by atoms with Crippen LogP contribution in [0.15, 0.2) is 49.1 Å². The van der Waals surface area contributed by atoms with Crippen molar-refractivity contribution in [2.24, 2.45) is 0 Å². The molecule has 1 heterocycles. The van der Waals surface area contributed by atoms with Crippen LogP contribution in [-0.2, 0) is 0 Å². The molecule has 2 aromatic carbocycles. The van der Waals surface area contributed by atoms with Gasteiger partial charge in [-0.05, 0) is 36.4 Å². The van der Waals surface area contributed by atoms with Gasteiger partial charge in [0.15, 0.2) is 29.1 Å². The summed E-state index contributed by atoms with van der Waals surface area (Å²) in [6, 6.07) is 6.14. The van der Waals surface area contributed by atoms with Crippen molar-refractivity contribution < 1.29 is 26.7 Å². The maximum atomic E-state index is 13.6. The Hall–Kier alpha value is -3.29. The fourth-order valence-corrected chi connectivity index (χ4v) is 2.23. The van der Waals surface area contributed by atoms with Gasteiger partial charge in [0.05, 0.1) is 11.9 Å². The molecule has 0 aliphatic carbocycles. The van der Waals surface area contributed by atoms with Gasteiger partial charge in [-0.15, -0.1) is 0 Å². The van der Waals surface area contributed by atoms with Crippen molar-refractivity contribution in [1.29, 1.82) is 0 Å². The third kappa shape index (κ3) is 3.13.